The first kappa shape index (κ1) is 10.6. The van der Waals surface area contributed by atoms with E-state index in [-0.39, 0.29) is 6.61 Å². The highest BCUT2D eigenvalue weighted by Gasteiger charge is 2.04. The molecule has 0 atom stereocenters. The van der Waals surface area contributed by atoms with E-state index in [1.54, 1.807) is 12.4 Å². The number of aromatic amines is 1. The summed E-state index contributed by atoms with van der Waals surface area (Å²) in [4.78, 5) is 15.2. The molecule has 6 nitrogen and oxygen atoms in total. The van der Waals surface area contributed by atoms with Crippen LogP contribution in [0.25, 0.3) is 11.2 Å². The van der Waals surface area contributed by atoms with Crippen molar-refractivity contribution in [2.24, 2.45) is 0 Å². The van der Waals surface area contributed by atoms with Crippen LogP contribution in [0, 0.1) is 0 Å². The Bertz CT molecular complexity index is 505. The molecule has 0 aromatic carbocycles. The molecule has 0 spiro atoms. The molecular formula is C10H13N5O. The lowest BCUT2D eigenvalue weighted by molar-refractivity contribution is 0.341. The molecule has 0 amide bonds. The minimum atomic E-state index is 0.0523. The second-order valence-corrected chi connectivity index (χ2v) is 3.41. The number of aliphatic hydroxyl groups excluding tert-OH is 1. The van der Waals surface area contributed by atoms with Gasteiger partial charge in [0.25, 0.3) is 0 Å². The van der Waals surface area contributed by atoms with Crippen molar-refractivity contribution in [1.82, 2.24) is 19.9 Å². The van der Waals surface area contributed by atoms with Gasteiger partial charge in [0.15, 0.2) is 11.5 Å². The number of nitrogens with zero attached hydrogens (tertiary/aromatic N) is 3. The molecule has 2 rings (SSSR count). The van der Waals surface area contributed by atoms with Crippen molar-refractivity contribution in [2.45, 2.75) is 6.92 Å². The predicted molar refractivity (Wildman–Crippen MR) is 61.0 cm³/mol. The molecular weight excluding hydrogens is 206 g/mol. The molecule has 0 aliphatic heterocycles. The maximum atomic E-state index is 8.73. The summed E-state index contributed by atoms with van der Waals surface area (Å²) in [7, 11) is 0. The maximum Gasteiger partial charge on any atom is 0.182 e. The van der Waals surface area contributed by atoms with Crippen LogP contribution in [0.1, 0.15) is 6.92 Å². The van der Waals surface area contributed by atoms with Gasteiger partial charge in [-0.15, -0.1) is 0 Å². The van der Waals surface area contributed by atoms with E-state index < -0.39 is 0 Å². The van der Waals surface area contributed by atoms with E-state index in [9.17, 15) is 0 Å². The summed E-state index contributed by atoms with van der Waals surface area (Å²) in [6, 6.07) is 0. The van der Waals surface area contributed by atoms with Crippen LogP contribution >= 0.6 is 0 Å². The van der Waals surface area contributed by atoms with E-state index in [0.717, 1.165) is 11.1 Å². The average Bonchev–Trinajstić information content (AvgIpc) is 2.75. The molecule has 0 radical (unpaired) electrons. The maximum absolute atomic E-state index is 8.73. The molecule has 2 heterocycles. The van der Waals surface area contributed by atoms with E-state index in [2.05, 4.69) is 25.3 Å². The van der Waals surface area contributed by atoms with Crippen molar-refractivity contribution in [3.8, 4) is 0 Å². The second-order valence-electron chi connectivity index (χ2n) is 3.41. The van der Waals surface area contributed by atoms with Crippen molar-refractivity contribution in [2.75, 3.05) is 18.5 Å². The summed E-state index contributed by atoms with van der Waals surface area (Å²) < 4.78 is 0. The third-order valence-corrected chi connectivity index (χ3v) is 2.20. The highest BCUT2D eigenvalue weighted by atomic mass is 16.2. The summed E-state index contributed by atoms with van der Waals surface area (Å²) in [5, 5.41) is 11.9. The highest BCUT2D eigenvalue weighted by Crippen LogP contribution is 2.14. The molecule has 0 saturated heterocycles. The largest absolute Gasteiger partial charge is 0.392 e. The summed E-state index contributed by atoms with van der Waals surface area (Å²) in [5.74, 6) is 0.716. The summed E-state index contributed by atoms with van der Waals surface area (Å²) in [6.07, 6.45) is 4.80. The van der Waals surface area contributed by atoms with Gasteiger partial charge in [-0.1, -0.05) is 11.6 Å². The Kier molecular flexibility index (Phi) is 3.11. The van der Waals surface area contributed by atoms with E-state index >= 15 is 0 Å². The zero-order valence-electron chi connectivity index (χ0n) is 8.94. The lowest BCUT2D eigenvalue weighted by Gasteiger charge is -2.05. The molecule has 3 N–H and O–H groups in total. The monoisotopic (exact) mass is 219 g/mol. The van der Waals surface area contributed by atoms with Crippen molar-refractivity contribution in [3.63, 3.8) is 0 Å². The number of nitrogens with one attached hydrogen (secondary N) is 2. The van der Waals surface area contributed by atoms with Gasteiger partial charge >= 0.3 is 0 Å². The van der Waals surface area contributed by atoms with Gasteiger partial charge in [0.1, 0.15) is 11.8 Å². The van der Waals surface area contributed by atoms with Crippen LogP contribution in [0.2, 0.25) is 0 Å². The van der Waals surface area contributed by atoms with E-state index in [4.69, 9.17) is 5.11 Å². The van der Waals surface area contributed by atoms with Crippen LogP contribution in [-0.2, 0) is 0 Å². The topological polar surface area (TPSA) is 86.7 Å². The molecule has 0 aliphatic rings. The molecule has 2 aromatic heterocycles. The lowest BCUT2D eigenvalue weighted by atomic mass is 10.3. The van der Waals surface area contributed by atoms with Crippen LogP contribution in [0.15, 0.2) is 24.3 Å². The van der Waals surface area contributed by atoms with Crippen LogP contribution in [-0.4, -0.2) is 38.2 Å². The molecule has 0 aliphatic carbocycles. The second kappa shape index (κ2) is 4.71. The average molecular weight is 219 g/mol. The van der Waals surface area contributed by atoms with E-state index in [1.807, 2.05) is 6.92 Å². The molecule has 16 heavy (non-hydrogen) atoms. The first-order chi connectivity index (χ1) is 7.81. The smallest absolute Gasteiger partial charge is 0.182 e. The Morgan fingerprint density at radius 1 is 1.50 bits per heavy atom. The van der Waals surface area contributed by atoms with Gasteiger partial charge in [0.05, 0.1) is 12.9 Å². The van der Waals surface area contributed by atoms with Crippen LogP contribution in [0.3, 0.4) is 0 Å². The Morgan fingerprint density at radius 3 is 3.19 bits per heavy atom. The molecule has 0 saturated carbocycles. The zero-order chi connectivity index (χ0) is 11.4. The molecule has 84 valence electrons. The lowest BCUT2D eigenvalue weighted by Crippen LogP contribution is -2.05. The Balaban J connectivity index is 2.15. The number of hydrogen-bond donors (Lipinski definition) is 3. The molecule has 0 unspecified atom stereocenters. The number of imidazole rings is 1. The summed E-state index contributed by atoms with van der Waals surface area (Å²) >= 11 is 0. The minimum Gasteiger partial charge on any atom is -0.392 e. The van der Waals surface area contributed by atoms with Gasteiger partial charge in [0, 0.05) is 6.54 Å². The van der Waals surface area contributed by atoms with Gasteiger partial charge in [0.2, 0.25) is 0 Å². The number of aliphatic hydroxyl groups is 1. The van der Waals surface area contributed by atoms with Crippen LogP contribution < -0.4 is 5.32 Å². The van der Waals surface area contributed by atoms with Gasteiger partial charge in [-0.05, 0) is 6.92 Å². The third-order valence-electron chi connectivity index (χ3n) is 2.20. The van der Waals surface area contributed by atoms with Crippen LogP contribution in [0.5, 0.6) is 0 Å². The fourth-order valence-corrected chi connectivity index (χ4v) is 1.35. The van der Waals surface area contributed by atoms with Gasteiger partial charge in [-0.25, -0.2) is 15.0 Å². The summed E-state index contributed by atoms with van der Waals surface area (Å²) in [6.45, 7) is 2.62. The number of hydrogen-bond acceptors (Lipinski definition) is 5. The predicted octanol–water partition coefficient (Wildman–Crippen LogP) is 0.703. The Labute approximate surface area is 92.5 Å². The SMILES string of the molecule is C/C(=C\CO)CNc1ncnc2nc[nH]c12. The zero-order valence-corrected chi connectivity index (χ0v) is 8.94. The Hall–Kier alpha value is -1.95. The molecule has 2 aromatic rings. The Morgan fingerprint density at radius 2 is 2.38 bits per heavy atom. The number of fused-ring (bicyclic) bond motifs is 1. The first-order valence-electron chi connectivity index (χ1n) is 4.95. The fourth-order valence-electron chi connectivity index (χ4n) is 1.35. The summed E-state index contributed by atoms with van der Waals surface area (Å²) in [5.41, 5.74) is 2.48. The molecule has 6 heteroatoms. The van der Waals surface area contributed by atoms with Gasteiger partial charge < -0.3 is 15.4 Å². The molecule has 0 fully saturated rings. The highest BCUT2D eigenvalue weighted by molar-refractivity contribution is 5.81. The number of H-pyrrole nitrogens is 1. The third kappa shape index (κ3) is 2.17. The number of rotatable bonds is 4. The van der Waals surface area contributed by atoms with E-state index in [0.29, 0.717) is 18.0 Å². The van der Waals surface area contributed by atoms with Gasteiger partial charge in [-0.2, -0.15) is 0 Å². The number of aromatic nitrogens is 4. The standard InChI is InChI=1S/C10H13N5O/c1-7(2-3-16)4-11-9-8-10(13-5-12-8)15-6-14-9/h2,5-6,16H,3-4H2,1H3,(H2,11,12,13,14,15)/b7-2+. The van der Waals surface area contributed by atoms with Gasteiger partial charge in [-0.3, -0.25) is 0 Å². The van der Waals surface area contributed by atoms with Crippen molar-refractivity contribution in [3.05, 3.63) is 24.3 Å². The normalized spacial score (nSPS) is 12.0. The van der Waals surface area contributed by atoms with Crippen molar-refractivity contribution in [1.29, 1.82) is 0 Å². The quantitative estimate of drug-likeness (QED) is 0.659. The van der Waals surface area contributed by atoms with Crippen LogP contribution in [0.4, 0.5) is 5.82 Å². The fraction of sp³-hybridized carbons (Fsp3) is 0.300. The van der Waals surface area contributed by atoms with Crippen molar-refractivity contribution < 1.29 is 5.11 Å². The number of anilines is 1. The first-order valence-corrected chi connectivity index (χ1v) is 4.95. The van der Waals surface area contributed by atoms with Crippen molar-refractivity contribution >= 4 is 17.0 Å². The molecule has 0 bridgehead atoms. The van der Waals surface area contributed by atoms with E-state index in [1.165, 1.54) is 6.33 Å². The minimum absolute atomic E-state index is 0.0523.